The molecule has 0 spiro atoms. The molecule has 0 aliphatic carbocycles. The number of thioether (sulfide) groups is 1. The minimum Gasteiger partial charge on any atom is -0.493 e. The van der Waals surface area contributed by atoms with Crippen molar-refractivity contribution in [3.8, 4) is 17.3 Å². The van der Waals surface area contributed by atoms with Crippen molar-refractivity contribution in [3.05, 3.63) is 48.0 Å². The largest absolute Gasteiger partial charge is 0.493 e. The van der Waals surface area contributed by atoms with Crippen LogP contribution in [-0.4, -0.2) is 45.6 Å². The van der Waals surface area contributed by atoms with Gasteiger partial charge >= 0.3 is 0 Å². The average Bonchev–Trinajstić information content (AvgIpc) is 3.04. The lowest BCUT2D eigenvalue weighted by Gasteiger charge is -2.10. The van der Waals surface area contributed by atoms with Crippen molar-refractivity contribution in [3.63, 3.8) is 0 Å². The molecular weight excluding hydrogens is 378 g/mol. The van der Waals surface area contributed by atoms with Gasteiger partial charge < -0.3 is 14.8 Å². The van der Waals surface area contributed by atoms with Crippen molar-refractivity contribution >= 4 is 23.4 Å². The highest BCUT2D eigenvalue weighted by atomic mass is 32.2. The SMILES string of the molecule is COc1ccc(NC(=O)CSc2cc(-n3nc(C)cc3C)ncn2)cc1OC. The molecule has 0 aliphatic rings. The number of aromatic nitrogens is 4. The Morgan fingerprint density at radius 2 is 1.89 bits per heavy atom. The molecule has 28 heavy (non-hydrogen) atoms. The summed E-state index contributed by atoms with van der Waals surface area (Å²) in [7, 11) is 3.11. The summed E-state index contributed by atoms with van der Waals surface area (Å²) in [5, 5.41) is 7.95. The molecule has 0 fully saturated rings. The van der Waals surface area contributed by atoms with Crippen LogP contribution in [0.15, 0.2) is 41.7 Å². The molecule has 146 valence electrons. The molecule has 0 saturated carbocycles. The van der Waals surface area contributed by atoms with Crippen LogP contribution in [0.25, 0.3) is 5.82 Å². The van der Waals surface area contributed by atoms with Gasteiger partial charge in [-0.05, 0) is 32.0 Å². The lowest BCUT2D eigenvalue weighted by atomic mass is 10.2. The zero-order chi connectivity index (χ0) is 20.1. The molecule has 1 N–H and O–H groups in total. The van der Waals surface area contributed by atoms with E-state index in [1.54, 1.807) is 37.1 Å². The van der Waals surface area contributed by atoms with Crippen LogP contribution in [0, 0.1) is 13.8 Å². The van der Waals surface area contributed by atoms with Crippen molar-refractivity contribution in [2.75, 3.05) is 25.3 Å². The summed E-state index contributed by atoms with van der Waals surface area (Å²) in [5.41, 5.74) is 2.53. The van der Waals surface area contributed by atoms with Gasteiger partial charge in [0.1, 0.15) is 11.4 Å². The number of benzene rings is 1. The smallest absolute Gasteiger partial charge is 0.234 e. The Morgan fingerprint density at radius 3 is 2.57 bits per heavy atom. The van der Waals surface area contributed by atoms with Gasteiger partial charge in [-0.3, -0.25) is 4.79 Å². The Morgan fingerprint density at radius 1 is 1.11 bits per heavy atom. The second-order valence-electron chi connectivity index (χ2n) is 5.96. The number of carbonyl (C=O) groups is 1. The summed E-state index contributed by atoms with van der Waals surface area (Å²) in [6, 6.07) is 9.01. The molecule has 9 heteroatoms. The third kappa shape index (κ3) is 4.61. The Hall–Kier alpha value is -3.07. The molecule has 2 heterocycles. The molecule has 8 nitrogen and oxygen atoms in total. The molecule has 0 radical (unpaired) electrons. The number of nitrogens with one attached hydrogen (secondary N) is 1. The molecule has 0 saturated heterocycles. The monoisotopic (exact) mass is 399 g/mol. The van der Waals surface area contributed by atoms with E-state index in [1.165, 1.54) is 18.1 Å². The summed E-state index contributed by atoms with van der Waals surface area (Å²) in [6.45, 7) is 3.89. The van der Waals surface area contributed by atoms with Gasteiger partial charge in [-0.25, -0.2) is 14.6 Å². The second-order valence-corrected chi connectivity index (χ2v) is 6.96. The number of rotatable bonds is 7. The number of ether oxygens (including phenoxy) is 2. The Kier molecular flexibility index (Phi) is 6.15. The van der Waals surface area contributed by atoms with Crippen LogP contribution in [-0.2, 0) is 4.79 Å². The average molecular weight is 399 g/mol. The fourth-order valence-corrected chi connectivity index (χ4v) is 3.30. The minimum atomic E-state index is -0.150. The van der Waals surface area contributed by atoms with Gasteiger partial charge in [0.15, 0.2) is 17.3 Å². The highest BCUT2D eigenvalue weighted by Crippen LogP contribution is 2.29. The summed E-state index contributed by atoms with van der Waals surface area (Å²) < 4.78 is 12.2. The van der Waals surface area contributed by atoms with Crippen LogP contribution in [0.2, 0.25) is 0 Å². The second kappa shape index (κ2) is 8.75. The Labute approximate surface area is 167 Å². The predicted molar refractivity (Wildman–Crippen MR) is 108 cm³/mol. The Bertz CT molecular complexity index is 989. The maximum atomic E-state index is 12.3. The Balaban J connectivity index is 1.63. The van der Waals surface area contributed by atoms with E-state index in [9.17, 15) is 4.79 Å². The van der Waals surface area contributed by atoms with Gasteiger partial charge in [0.25, 0.3) is 0 Å². The topological polar surface area (TPSA) is 91.2 Å². The van der Waals surface area contributed by atoms with Crippen molar-refractivity contribution in [2.45, 2.75) is 18.9 Å². The molecule has 0 bridgehead atoms. The molecule has 0 atom stereocenters. The first kappa shape index (κ1) is 19.7. The molecule has 1 aromatic carbocycles. The van der Waals surface area contributed by atoms with E-state index >= 15 is 0 Å². The lowest BCUT2D eigenvalue weighted by Crippen LogP contribution is -2.14. The number of carbonyl (C=O) groups excluding carboxylic acids is 1. The normalized spacial score (nSPS) is 10.6. The zero-order valence-electron chi connectivity index (χ0n) is 16.1. The number of hydrogen-bond acceptors (Lipinski definition) is 7. The van der Waals surface area contributed by atoms with E-state index in [0.29, 0.717) is 28.0 Å². The highest BCUT2D eigenvalue weighted by Gasteiger charge is 2.10. The minimum absolute atomic E-state index is 0.150. The van der Waals surface area contributed by atoms with Gasteiger partial charge in [-0.15, -0.1) is 0 Å². The van der Waals surface area contributed by atoms with Gasteiger partial charge in [0.05, 0.1) is 25.7 Å². The number of hydrogen-bond donors (Lipinski definition) is 1. The van der Waals surface area contributed by atoms with Gasteiger partial charge in [0, 0.05) is 23.5 Å². The molecule has 3 rings (SSSR count). The summed E-state index contributed by atoms with van der Waals surface area (Å²) in [4.78, 5) is 20.8. The maximum absolute atomic E-state index is 12.3. The van der Waals surface area contributed by atoms with Crippen LogP contribution in [0.5, 0.6) is 11.5 Å². The van der Waals surface area contributed by atoms with E-state index in [4.69, 9.17) is 9.47 Å². The number of aryl methyl sites for hydroxylation is 2. The van der Waals surface area contributed by atoms with E-state index in [1.807, 2.05) is 26.0 Å². The van der Waals surface area contributed by atoms with Crippen LogP contribution in [0.3, 0.4) is 0 Å². The number of nitrogens with zero attached hydrogens (tertiary/aromatic N) is 4. The van der Waals surface area contributed by atoms with Gasteiger partial charge in [-0.1, -0.05) is 11.8 Å². The number of anilines is 1. The van der Waals surface area contributed by atoms with E-state index in [2.05, 4.69) is 20.4 Å². The van der Waals surface area contributed by atoms with Crippen LogP contribution < -0.4 is 14.8 Å². The third-order valence-electron chi connectivity index (χ3n) is 3.87. The standard InChI is InChI=1S/C19H21N5O3S/c1-12-7-13(2)24(23-12)17-9-19(21-11-20-17)28-10-18(25)22-14-5-6-15(26-3)16(8-14)27-4/h5-9,11H,10H2,1-4H3,(H,22,25). The molecule has 2 aromatic heterocycles. The van der Waals surface area contributed by atoms with Gasteiger partial charge in [-0.2, -0.15) is 5.10 Å². The number of methoxy groups -OCH3 is 2. The molecule has 3 aromatic rings. The number of amides is 1. The van der Waals surface area contributed by atoms with E-state index in [-0.39, 0.29) is 11.7 Å². The molecule has 0 unspecified atom stereocenters. The first-order chi connectivity index (χ1) is 13.5. The van der Waals surface area contributed by atoms with E-state index < -0.39 is 0 Å². The van der Waals surface area contributed by atoms with Crippen molar-refractivity contribution < 1.29 is 14.3 Å². The molecular formula is C19H21N5O3S. The third-order valence-corrected chi connectivity index (χ3v) is 4.80. The quantitative estimate of drug-likeness (QED) is 0.482. The predicted octanol–water partition coefficient (Wildman–Crippen LogP) is 3.03. The van der Waals surface area contributed by atoms with Gasteiger partial charge in [0.2, 0.25) is 5.91 Å². The van der Waals surface area contributed by atoms with E-state index in [0.717, 1.165) is 11.4 Å². The van der Waals surface area contributed by atoms with Crippen molar-refractivity contribution in [2.24, 2.45) is 0 Å². The van der Waals surface area contributed by atoms with Crippen LogP contribution in [0.4, 0.5) is 5.69 Å². The lowest BCUT2D eigenvalue weighted by molar-refractivity contribution is -0.113. The fourth-order valence-electron chi connectivity index (χ4n) is 2.64. The molecule has 1 amide bonds. The fraction of sp³-hybridized carbons (Fsp3) is 0.263. The zero-order valence-corrected chi connectivity index (χ0v) is 16.9. The maximum Gasteiger partial charge on any atom is 0.234 e. The summed E-state index contributed by atoms with van der Waals surface area (Å²) in [6.07, 6.45) is 1.47. The van der Waals surface area contributed by atoms with Crippen LogP contribution in [0.1, 0.15) is 11.4 Å². The van der Waals surface area contributed by atoms with Crippen molar-refractivity contribution in [1.29, 1.82) is 0 Å². The first-order valence-electron chi connectivity index (χ1n) is 8.50. The summed E-state index contributed by atoms with van der Waals surface area (Å²) >= 11 is 1.33. The van der Waals surface area contributed by atoms with Crippen molar-refractivity contribution in [1.82, 2.24) is 19.7 Å². The van der Waals surface area contributed by atoms with Crippen LogP contribution >= 0.6 is 11.8 Å². The molecule has 0 aliphatic heterocycles. The summed E-state index contributed by atoms with van der Waals surface area (Å²) in [5.74, 6) is 1.89. The first-order valence-corrected chi connectivity index (χ1v) is 9.49. The highest BCUT2D eigenvalue weighted by molar-refractivity contribution is 7.99.